The Kier molecular flexibility index (Phi) is 4.04. The number of nitrogens with zero attached hydrogens (tertiary/aromatic N) is 4. The zero-order valence-electron chi connectivity index (χ0n) is 13.8. The number of aromatic amines is 1. The molecule has 2 aromatic heterocycles. The number of amides is 1. The largest absolute Gasteiger partial charge is 0.493 e. The van der Waals surface area contributed by atoms with Crippen molar-refractivity contribution in [3.8, 4) is 5.88 Å². The third-order valence-electron chi connectivity index (χ3n) is 4.11. The van der Waals surface area contributed by atoms with E-state index in [-0.39, 0.29) is 18.1 Å². The van der Waals surface area contributed by atoms with Crippen LogP contribution in [0, 0.1) is 6.92 Å². The first-order valence-electron chi connectivity index (χ1n) is 7.89. The minimum Gasteiger partial charge on any atom is -0.493 e. The number of azo groups is 1. The van der Waals surface area contributed by atoms with E-state index < -0.39 is 5.91 Å². The van der Waals surface area contributed by atoms with Crippen molar-refractivity contribution >= 4 is 49.5 Å². The molecule has 2 N–H and O–H groups in total. The lowest BCUT2D eigenvalue weighted by atomic mass is 10.2. The number of halogens is 1. The molecule has 0 spiro atoms. The molecule has 0 aliphatic carbocycles. The van der Waals surface area contributed by atoms with Crippen LogP contribution in [0.25, 0.3) is 21.9 Å². The lowest BCUT2D eigenvalue weighted by Crippen LogP contribution is -2.08. The van der Waals surface area contributed by atoms with Gasteiger partial charge in [-0.15, -0.1) is 10.2 Å². The Labute approximate surface area is 156 Å². The number of carbonyl (C=O) groups is 1. The third-order valence-corrected chi connectivity index (χ3v) is 4.61. The summed E-state index contributed by atoms with van der Waals surface area (Å²) in [5.74, 6) is 0.174. The van der Waals surface area contributed by atoms with Crippen LogP contribution in [0.15, 0.2) is 57.2 Å². The van der Waals surface area contributed by atoms with Gasteiger partial charge in [0.15, 0.2) is 5.69 Å². The first-order chi connectivity index (χ1) is 12.5. The van der Waals surface area contributed by atoms with Crippen LogP contribution in [0.4, 0.5) is 5.69 Å². The van der Waals surface area contributed by atoms with Crippen molar-refractivity contribution in [2.75, 3.05) is 0 Å². The zero-order valence-corrected chi connectivity index (χ0v) is 15.4. The molecule has 130 valence electrons. The first-order valence-corrected chi connectivity index (χ1v) is 8.69. The Morgan fingerprint density at radius 1 is 1.31 bits per heavy atom. The Hall–Kier alpha value is -3.00. The van der Waals surface area contributed by atoms with Gasteiger partial charge in [0.2, 0.25) is 5.88 Å². The highest BCUT2D eigenvalue weighted by Gasteiger charge is 2.13. The maximum absolute atomic E-state index is 12.3. The Balaban J connectivity index is 1.63. The Morgan fingerprint density at radius 3 is 2.96 bits per heavy atom. The molecule has 0 saturated carbocycles. The second kappa shape index (κ2) is 6.38. The number of imidazole rings is 1. The summed E-state index contributed by atoms with van der Waals surface area (Å²) < 4.78 is 2.63. The fourth-order valence-electron chi connectivity index (χ4n) is 2.91. The van der Waals surface area contributed by atoms with Gasteiger partial charge in [-0.3, -0.25) is 4.79 Å². The molecule has 0 unspecified atom stereocenters. The van der Waals surface area contributed by atoms with Crippen molar-refractivity contribution < 1.29 is 9.90 Å². The third kappa shape index (κ3) is 2.88. The summed E-state index contributed by atoms with van der Waals surface area (Å²) in [5, 5.41) is 18.4. The number of H-pyrrole nitrogens is 1. The molecule has 0 aliphatic rings. The summed E-state index contributed by atoms with van der Waals surface area (Å²) in [7, 11) is 0. The molecule has 1 amide bonds. The summed E-state index contributed by atoms with van der Waals surface area (Å²) >= 11 is 3.38. The molecule has 0 atom stereocenters. The van der Waals surface area contributed by atoms with Gasteiger partial charge in [-0.05, 0) is 37.3 Å². The Bertz CT molecular complexity index is 1180. The number of nitrogens with one attached hydrogen (secondary N) is 1. The SMILES string of the molecule is Cc1nc2ccccc2n1CC(=O)N=Nc1c(O)[nH]c2ccc(Br)cc12. The number of rotatable bonds is 3. The molecule has 4 aromatic rings. The normalized spacial score (nSPS) is 11.8. The minimum absolute atomic E-state index is 0.0304. The summed E-state index contributed by atoms with van der Waals surface area (Å²) in [6, 6.07) is 13.1. The lowest BCUT2D eigenvalue weighted by Gasteiger charge is -2.02. The molecular weight excluding hydrogens is 398 g/mol. The average Bonchev–Trinajstić information content (AvgIpc) is 3.09. The van der Waals surface area contributed by atoms with E-state index in [1.165, 1.54) is 0 Å². The molecule has 0 bridgehead atoms. The highest BCUT2D eigenvalue weighted by molar-refractivity contribution is 9.10. The van der Waals surface area contributed by atoms with E-state index in [1.807, 2.05) is 37.3 Å². The number of aromatic hydroxyl groups is 1. The molecule has 0 fully saturated rings. The monoisotopic (exact) mass is 411 g/mol. The summed E-state index contributed by atoms with van der Waals surface area (Å²) in [6.45, 7) is 1.87. The molecule has 4 rings (SSSR count). The van der Waals surface area contributed by atoms with Gasteiger partial charge >= 0.3 is 0 Å². The van der Waals surface area contributed by atoms with Crippen molar-refractivity contribution in [1.29, 1.82) is 0 Å². The number of aromatic nitrogens is 3. The maximum Gasteiger partial charge on any atom is 0.284 e. The topological polar surface area (TPSA) is 95.6 Å². The Morgan fingerprint density at radius 2 is 2.12 bits per heavy atom. The molecule has 0 saturated heterocycles. The lowest BCUT2D eigenvalue weighted by molar-refractivity contribution is -0.118. The summed E-state index contributed by atoms with van der Waals surface area (Å²) in [4.78, 5) is 19.5. The van der Waals surface area contributed by atoms with E-state index in [9.17, 15) is 9.90 Å². The van der Waals surface area contributed by atoms with Gasteiger partial charge in [0.05, 0.1) is 16.6 Å². The van der Waals surface area contributed by atoms with E-state index in [1.54, 1.807) is 16.7 Å². The molecular formula is C18H14BrN5O2. The van der Waals surface area contributed by atoms with Crippen LogP contribution in [-0.2, 0) is 11.3 Å². The van der Waals surface area contributed by atoms with Crippen LogP contribution in [-0.4, -0.2) is 25.5 Å². The van der Waals surface area contributed by atoms with Gasteiger partial charge in [0.25, 0.3) is 5.91 Å². The molecule has 7 nitrogen and oxygen atoms in total. The quantitative estimate of drug-likeness (QED) is 0.481. The van der Waals surface area contributed by atoms with Crippen LogP contribution < -0.4 is 0 Å². The number of benzene rings is 2. The van der Waals surface area contributed by atoms with Crippen LogP contribution in [0.2, 0.25) is 0 Å². The van der Waals surface area contributed by atoms with Gasteiger partial charge in [-0.1, -0.05) is 28.1 Å². The minimum atomic E-state index is -0.431. The number of carbonyl (C=O) groups excluding carboxylic acids is 1. The average molecular weight is 412 g/mol. The van der Waals surface area contributed by atoms with E-state index in [0.29, 0.717) is 10.9 Å². The molecule has 2 aromatic carbocycles. The van der Waals surface area contributed by atoms with Crippen molar-refractivity contribution in [1.82, 2.24) is 14.5 Å². The first kappa shape index (κ1) is 16.5. The zero-order chi connectivity index (χ0) is 18.3. The highest BCUT2D eigenvalue weighted by atomic mass is 79.9. The van der Waals surface area contributed by atoms with Gasteiger partial charge in [-0.2, -0.15) is 0 Å². The van der Waals surface area contributed by atoms with E-state index in [4.69, 9.17) is 0 Å². The predicted octanol–water partition coefficient (Wildman–Crippen LogP) is 4.60. The second-order valence-electron chi connectivity index (χ2n) is 5.84. The number of para-hydroxylation sites is 2. The van der Waals surface area contributed by atoms with Gasteiger partial charge in [-0.25, -0.2) is 4.98 Å². The number of aryl methyl sites for hydroxylation is 1. The van der Waals surface area contributed by atoms with Crippen molar-refractivity contribution in [2.45, 2.75) is 13.5 Å². The fraction of sp³-hybridized carbons (Fsp3) is 0.111. The number of hydrogen-bond acceptors (Lipinski definition) is 4. The fourth-order valence-corrected chi connectivity index (χ4v) is 3.27. The maximum atomic E-state index is 12.3. The molecule has 2 heterocycles. The van der Waals surface area contributed by atoms with Crippen molar-refractivity contribution in [2.24, 2.45) is 10.2 Å². The van der Waals surface area contributed by atoms with Gasteiger partial charge in [0, 0.05) is 9.86 Å². The van der Waals surface area contributed by atoms with Crippen molar-refractivity contribution in [3.05, 3.63) is 52.8 Å². The molecule has 0 aliphatic heterocycles. The van der Waals surface area contributed by atoms with Gasteiger partial charge in [0.1, 0.15) is 12.4 Å². The smallest absolute Gasteiger partial charge is 0.284 e. The van der Waals surface area contributed by atoms with Crippen molar-refractivity contribution in [3.63, 3.8) is 0 Å². The number of hydrogen-bond donors (Lipinski definition) is 2. The summed E-state index contributed by atoms with van der Waals surface area (Å²) in [5.41, 5.74) is 2.65. The standard InChI is InChI=1S/C18H14BrN5O2/c1-10-20-14-4-2-3-5-15(14)24(10)9-16(25)22-23-17-12-8-11(19)6-7-13(12)21-18(17)26/h2-8,21,26H,9H2,1H3. The van der Waals surface area contributed by atoms with Crippen LogP contribution in [0.3, 0.4) is 0 Å². The summed E-state index contributed by atoms with van der Waals surface area (Å²) in [6.07, 6.45) is 0. The molecule has 0 radical (unpaired) electrons. The molecule has 8 heteroatoms. The molecule has 26 heavy (non-hydrogen) atoms. The predicted molar refractivity (Wildman–Crippen MR) is 102 cm³/mol. The van der Waals surface area contributed by atoms with Crippen LogP contribution >= 0.6 is 15.9 Å². The van der Waals surface area contributed by atoms with E-state index >= 15 is 0 Å². The number of fused-ring (bicyclic) bond motifs is 2. The van der Waals surface area contributed by atoms with Gasteiger partial charge < -0.3 is 14.7 Å². The van der Waals surface area contributed by atoms with Crippen LogP contribution in [0.1, 0.15) is 5.82 Å². The highest BCUT2D eigenvalue weighted by Crippen LogP contribution is 2.36. The van der Waals surface area contributed by atoms with E-state index in [0.717, 1.165) is 21.3 Å². The second-order valence-corrected chi connectivity index (χ2v) is 6.76. The van der Waals surface area contributed by atoms with E-state index in [2.05, 4.69) is 36.1 Å². The van der Waals surface area contributed by atoms with Crippen LogP contribution in [0.5, 0.6) is 5.88 Å².